The summed E-state index contributed by atoms with van der Waals surface area (Å²) in [7, 11) is 1.76. The number of fused-ring (bicyclic) bond motifs is 3. The van der Waals surface area contributed by atoms with Gasteiger partial charge in [-0.3, -0.25) is 0 Å². The predicted octanol–water partition coefficient (Wildman–Crippen LogP) is 9.52. The van der Waals surface area contributed by atoms with Crippen LogP contribution in [-0.2, 0) is 10.8 Å². The number of benzene rings is 4. The number of methoxy groups -OCH3 is 1. The molecule has 0 saturated carbocycles. The van der Waals surface area contributed by atoms with Gasteiger partial charge in [0.25, 0.3) is 0 Å². The Labute approximate surface area is 208 Å². The van der Waals surface area contributed by atoms with E-state index in [0.717, 1.165) is 44.4 Å². The van der Waals surface area contributed by atoms with Crippen LogP contribution in [0.2, 0.25) is 0 Å². The zero-order valence-corrected chi connectivity index (χ0v) is 21.8. The largest absolute Gasteiger partial charge is 0.496 e. The van der Waals surface area contributed by atoms with E-state index in [2.05, 4.69) is 120 Å². The molecule has 0 saturated heterocycles. The second kappa shape index (κ2) is 8.30. The van der Waals surface area contributed by atoms with Crippen molar-refractivity contribution in [1.29, 1.82) is 0 Å². The van der Waals surface area contributed by atoms with E-state index < -0.39 is 0 Å². The first-order chi connectivity index (χ1) is 16.6. The first-order valence-corrected chi connectivity index (χ1v) is 12.3. The fourth-order valence-electron chi connectivity index (χ4n) is 4.99. The molecule has 5 rings (SSSR count). The first-order valence-electron chi connectivity index (χ1n) is 12.3. The maximum Gasteiger partial charge on any atom is 0.140 e. The summed E-state index contributed by atoms with van der Waals surface area (Å²) in [6.45, 7) is 13.5. The standard InChI is InChI=1S/C33H34O2/c1-32(2,3)25-19-23(21-14-10-8-11-15-21)18-24-29-28(22-16-12-9-13-17-22)27(34-7)20-26(33(4,5)6)31(29)35-30(24)25/h8-20H,1-7H3. The Morgan fingerprint density at radius 3 is 1.69 bits per heavy atom. The van der Waals surface area contributed by atoms with Gasteiger partial charge in [0.2, 0.25) is 0 Å². The van der Waals surface area contributed by atoms with E-state index in [-0.39, 0.29) is 10.8 Å². The van der Waals surface area contributed by atoms with E-state index in [4.69, 9.17) is 9.15 Å². The van der Waals surface area contributed by atoms with Gasteiger partial charge in [-0.2, -0.15) is 0 Å². The summed E-state index contributed by atoms with van der Waals surface area (Å²) in [6.07, 6.45) is 0. The van der Waals surface area contributed by atoms with Gasteiger partial charge in [0.15, 0.2) is 0 Å². The topological polar surface area (TPSA) is 22.4 Å². The zero-order chi connectivity index (χ0) is 25.0. The lowest BCUT2D eigenvalue weighted by atomic mass is 9.82. The van der Waals surface area contributed by atoms with Crippen molar-refractivity contribution in [3.63, 3.8) is 0 Å². The van der Waals surface area contributed by atoms with Crippen LogP contribution in [0.25, 0.3) is 44.2 Å². The van der Waals surface area contributed by atoms with Gasteiger partial charge in [-0.1, -0.05) is 102 Å². The third-order valence-electron chi connectivity index (χ3n) is 6.81. The Bertz CT molecular complexity index is 1510. The molecule has 0 spiro atoms. The average Bonchev–Trinajstić information content (AvgIpc) is 3.21. The van der Waals surface area contributed by atoms with Crippen molar-refractivity contribution in [3.8, 4) is 28.0 Å². The molecule has 35 heavy (non-hydrogen) atoms. The smallest absolute Gasteiger partial charge is 0.140 e. The highest BCUT2D eigenvalue weighted by molar-refractivity contribution is 6.16. The van der Waals surface area contributed by atoms with E-state index in [1.807, 2.05) is 0 Å². The minimum absolute atomic E-state index is 0.0875. The zero-order valence-electron chi connectivity index (χ0n) is 21.8. The van der Waals surface area contributed by atoms with Crippen LogP contribution in [0.4, 0.5) is 0 Å². The minimum atomic E-state index is -0.112. The lowest BCUT2D eigenvalue weighted by Crippen LogP contribution is -2.12. The highest BCUT2D eigenvalue weighted by atomic mass is 16.5. The lowest BCUT2D eigenvalue weighted by Gasteiger charge is -2.22. The number of furan rings is 1. The third-order valence-corrected chi connectivity index (χ3v) is 6.81. The molecule has 0 radical (unpaired) electrons. The van der Waals surface area contributed by atoms with Gasteiger partial charge in [-0.25, -0.2) is 0 Å². The molecule has 1 aromatic heterocycles. The highest BCUT2D eigenvalue weighted by Gasteiger charge is 2.29. The van der Waals surface area contributed by atoms with Crippen LogP contribution in [0.15, 0.2) is 83.3 Å². The van der Waals surface area contributed by atoms with Gasteiger partial charge in [-0.05, 0) is 45.7 Å². The number of rotatable bonds is 3. The van der Waals surface area contributed by atoms with Crippen LogP contribution >= 0.6 is 0 Å². The van der Waals surface area contributed by atoms with Gasteiger partial charge in [-0.15, -0.1) is 0 Å². The molecule has 2 heteroatoms. The van der Waals surface area contributed by atoms with Crippen molar-refractivity contribution in [3.05, 3.63) is 90.0 Å². The van der Waals surface area contributed by atoms with Crippen molar-refractivity contribution in [2.45, 2.75) is 52.4 Å². The number of hydrogen-bond donors (Lipinski definition) is 0. The number of hydrogen-bond acceptors (Lipinski definition) is 2. The molecule has 0 aliphatic rings. The molecule has 178 valence electrons. The maximum absolute atomic E-state index is 6.86. The van der Waals surface area contributed by atoms with Crippen LogP contribution in [0.3, 0.4) is 0 Å². The summed E-state index contributed by atoms with van der Waals surface area (Å²) in [4.78, 5) is 0. The molecule has 0 fully saturated rings. The van der Waals surface area contributed by atoms with Crippen LogP contribution < -0.4 is 4.74 Å². The van der Waals surface area contributed by atoms with Gasteiger partial charge >= 0.3 is 0 Å². The molecule has 0 N–H and O–H groups in total. The van der Waals surface area contributed by atoms with Crippen molar-refractivity contribution in [1.82, 2.24) is 0 Å². The molecule has 0 unspecified atom stereocenters. The molecule has 0 aliphatic heterocycles. The molecule has 0 atom stereocenters. The van der Waals surface area contributed by atoms with E-state index in [0.29, 0.717) is 0 Å². The summed E-state index contributed by atoms with van der Waals surface area (Å²) < 4.78 is 12.9. The Morgan fingerprint density at radius 2 is 1.14 bits per heavy atom. The molecular formula is C33H34O2. The molecule has 0 aliphatic carbocycles. The SMILES string of the molecule is COc1cc(C(C)(C)C)c2oc3c(C(C)(C)C)cc(-c4ccccc4)cc3c2c1-c1ccccc1. The maximum atomic E-state index is 6.86. The fourth-order valence-corrected chi connectivity index (χ4v) is 4.99. The fraction of sp³-hybridized carbons (Fsp3) is 0.273. The van der Waals surface area contributed by atoms with Gasteiger partial charge < -0.3 is 9.15 Å². The van der Waals surface area contributed by atoms with Gasteiger partial charge in [0.05, 0.1) is 7.11 Å². The van der Waals surface area contributed by atoms with Crippen LogP contribution in [0.5, 0.6) is 5.75 Å². The molecule has 0 bridgehead atoms. The summed E-state index contributed by atoms with van der Waals surface area (Å²) in [5.41, 5.74) is 8.68. The average molecular weight is 463 g/mol. The minimum Gasteiger partial charge on any atom is -0.496 e. The van der Waals surface area contributed by atoms with Crippen molar-refractivity contribution in [2.24, 2.45) is 0 Å². The van der Waals surface area contributed by atoms with E-state index in [1.165, 1.54) is 16.7 Å². The van der Waals surface area contributed by atoms with Crippen LogP contribution in [-0.4, -0.2) is 7.11 Å². The highest BCUT2D eigenvalue weighted by Crippen LogP contribution is 2.49. The molecular weight excluding hydrogens is 428 g/mol. The van der Waals surface area contributed by atoms with E-state index >= 15 is 0 Å². The second-order valence-corrected chi connectivity index (χ2v) is 11.4. The number of ether oxygens (including phenoxy) is 1. The molecule has 4 aromatic carbocycles. The normalized spacial score (nSPS) is 12.4. The van der Waals surface area contributed by atoms with Gasteiger partial charge in [0.1, 0.15) is 16.9 Å². The second-order valence-electron chi connectivity index (χ2n) is 11.4. The van der Waals surface area contributed by atoms with Crippen molar-refractivity contribution < 1.29 is 9.15 Å². The van der Waals surface area contributed by atoms with E-state index in [1.54, 1.807) is 7.11 Å². The molecule has 1 heterocycles. The van der Waals surface area contributed by atoms with E-state index in [9.17, 15) is 0 Å². The van der Waals surface area contributed by atoms with Gasteiger partial charge in [0, 0.05) is 27.5 Å². The third kappa shape index (κ3) is 4.01. The van der Waals surface area contributed by atoms with Crippen molar-refractivity contribution >= 4 is 21.9 Å². The monoisotopic (exact) mass is 462 g/mol. The van der Waals surface area contributed by atoms with Crippen LogP contribution in [0, 0.1) is 0 Å². The van der Waals surface area contributed by atoms with Crippen molar-refractivity contribution in [2.75, 3.05) is 7.11 Å². The quantitative estimate of drug-likeness (QED) is 0.266. The first kappa shape index (κ1) is 23.2. The summed E-state index contributed by atoms with van der Waals surface area (Å²) in [5.74, 6) is 0.874. The molecule has 0 amide bonds. The Kier molecular flexibility index (Phi) is 5.51. The summed E-state index contributed by atoms with van der Waals surface area (Å²) in [5, 5.41) is 2.26. The Morgan fingerprint density at radius 1 is 0.600 bits per heavy atom. The molecule has 5 aromatic rings. The summed E-state index contributed by atoms with van der Waals surface area (Å²) >= 11 is 0. The Balaban J connectivity index is 2.03. The summed E-state index contributed by atoms with van der Waals surface area (Å²) in [6, 6.07) is 27.9. The predicted molar refractivity (Wildman–Crippen MR) is 149 cm³/mol. The van der Waals surface area contributed by atoms with Crippen LogP contribution in [0.1, 0.15) is 52.7 Å². The Hall–Kier alpha value is -3.52. The molecule has 2 nitrogen and oxygen atoms in total. The lowest BCUT2D eigenvalue weighted by molar-refractivity contribution is 0.414.